The molecule has 1 aliphatic rings. The molecule has 1 heterocycles. The van der Waals surface area contributed by atoms with E-state index in [1.807, 2.05) is 54.6 Å². The summed E-state index contributed by atoms with van der Waals surface area (Å²) in [6.07, 6.45) is 0. The monoisotopic (exact) mass is 443 g/mol. The van der Waals surface area contributed by atoms with Crippen LogP contribution < -0.4 is 4.90 Å². The van der Waals surface area contributed by atoms with Crippen molar-refractivity contribution >= 4 is 11.5 Å². The Bertz CT molecular complexity index is 750. The summed E-state index contributed by atoms with van der Waals surface area (Å²) in [6, 6.07) is 17.0. The topological polar surface area (TPSA) is 66.5 Å². The summed E-state index contributed by atoms with van der Waals surface area (Å²) < 4.78 is 27.9. The zero-order chi connectivity index (χ0) is 22.3. The first kappa shape index (κ1) is 24.4. The van der Waals surface area contributed by atoms with Crippen molar-refractivity contribution in [3.8, 4) is 0 Å². The predicted octanol–water partition coefficient (Wildman–Crippen LogP) is 2.82. The fourth-order valence-corrected chi connectivity index (χ4v) is 3.28. The molecule has 2 aromatic rings. The molecule has 32 heavy (non-hydrogen) atoms. The largest absolute Gasteiger partial charge is 0.377 e. The molecule has 7 nitrogen and oxygen atoms in total. The van der Waals surface area contributed by atoms with Crippen LogP contribution >= 0.6 is 0 Å². The average molecular weight is 444 g/mol. The van der Waals surface area contributed by atoms with E-state index in [0.717, 1.165) is 18.8 Å². The van der Waals surface area contributed by atoms with Crippen molar-refractivity contribution in [2.45, 2.75) is 0 Å². The molecule has 0 unspecified atom stereocenters. The number of ketones is 1. The highest BCUT2D eigenvalue weighted by Gasteiger charge is 2.11. The quantitative estimate of drug-likeness (QED) is 0.676. The molecule has 1 saturated heterocycles. The Morgan fingerprint density at radius 1 is 0.531 bits per heavy atom. The molecule has 1 aliphatic heterocycles. The Kier molecular flexibility index (Phi) is 11.2. The number of hydrogen-bond donors (Lipinski definition) is 0. The average Bonchev–Trinajstić information content (AvgIpc) is 2.84. The van der Waals surface area contributed by atoms with E-state index in [1.165, 1.54) is 0 Å². The number of carbonyl (C=O) groups excluding carboxylic acids is 1. The lowest BCUT2D eigenvalue weighted by molar-refractivity contribution is -0.0116. The molecule has 0 atom stereocenters. The van der Waals surface area contributed by atoms with Crippen LogP contribution in [0, 0.1) is 0 Å². The Labute approximate surface area is 190 Å². The van der Waals surface area contributed by atoms with Crippen molar-refractivity contribution < 1.29 is 28.5 Å². The van der Waals surface area contributed by atoms with Crippen LogP contribution in [0.3, 0.4) is 0 Å². The highest BCUT2D eigenvalue weighted by molar-refractivity contribution is 6.09. The molecule has 174 valence electrons. The smallest absolute Gasteiger partial charge is 0.193 e. The number of carbonyl (C=O) groups is 1. The fourth-order valence-electron chi connectivity index (χ4n) is 3.28. The summed E-state index contributed by atoms with van der Waals surface area (Å²) in [7, 11) is 0. The third kappa shape index (κ3) is 8.68. The molecule has 0 saturated carbocycles. The van der Waals surface area contributed by atoms with Gasteiger partial charge in [-0.1, -0.05) is 30.3 Å². The van der Waals surface area contributed by atoms with Crippen molar-refractivity contribution in [2.75, 3.05) is 84.1 Å². The van der Waals surface area contributed by atoms with E-state index in [0.29, 0.717) is 77.2 Å². The van der Waals surface area contributed by atoms with E-state index in [4.69, 9.17) is 23.7 Å². The Balaban J connectivity index is 1.56. The van der Waals surface area contributed by atoms with Gasteiger partial charge in [-0.3, -0.25) is 4.79 Å². The molecular weight excluding hydrogens is 410 g/mol. The van der Waals surface area contributed by atoms with E-state index in [-0.39, 0.29) is 5.78 Å². The molecule has 0 aliphatic carbocycles. The molecule has 0 bridgehead atoms. The Hall–Kier alpha value is -2.29. The summed E-state index contributed by atoms with van der Waals surface area (Å²) in [6.45, 7) is 6.95. The molecule has 2 aromatic carbocycles. The van der Waals surface area contributed by atoms with Crippen LogP contribution in [0.1, 0.15) is 15.9 Å². The molecule has 0 spiro atoms. The second kappa shape index (κ2) is 14.7. The van der Waals surface area contributed by atoms with Crippen molar-refractivity contribution in [2.24, 2.45) is 0 Å². The van der Waals surface area contributed by atoms with Crippen molar-refractivity contribution in [1.82, 2.24) is 0 Å². The first-order valence-corrected chi connectivity index (χ1v) is 11.2. The summed E-state index contributed by atoms with van der Waals surface area (Å²) in [4.78, 5) is 14.9. The van der Waals surface area contributed by atoms with Gasteiger partial charge in [0.05, 0.1) is 66.1 Å². The van der Waals surface area contributed by atoms with Gasteiger partial charge < -0.3 is 28.6 Å². The van der Waals surface area contributed by atoms with Crippen molar-refractivity contribution in [3.05, 3.63) is 65.7 Å². The van der Waals surface area contributed by atoms with E-state index < -0.39 is 0 Å². The van der Waals surface area contributed by atoms with Crippen molar-refractivity contribution in [3.63, 3.8) is 0 Å². The third-order valence-corrected chi connectivity index (χ3v) is 5.03. The number of hydrogen-bond acceptors (Lipinski definition) is 7. The van der Waals surface area contributed by atoms with Gasteiger partial charge >= 0.3 is 0 Å². The highest BCUT2D eigenvalue weighted by Crippen LogP contribution is 2.17. The van der Waals surface area contributed by atoms with Crippen LogP contribution in [-0.4, -0.2) is 84.9 Å². The summed E-state index contributed by atoms with van der Waals surface area (Å²) in [5.41, 5.74) is 2.39. The van der Waals surface area contributed by atoms with Crippen molar-refractivity contribution in [1.29, 1.82) is 0 Å². The van der Waals surface area contributed by atoms with Gasteiger partial charge in [0, 0.05) is 29.9 Å². The molecule has 0 amide bonds. The lowest BCUT2D eigenvalue weighted by Gasteiger charge is -2.25. The molecule has 7 heteroatoms. The van der Waals surface area contributed by atoms with Gasteiger partial charge in [0.1, 0.15) is 0 Å². The van der Waals surface area contributed by atoms with Crippen LogP contribution in [0.5, 0.6) is 0 Å². The van der Waals surface area contributed by atoms with Crippen LogP contribution in [0.15, 0.2) is 54.6 Å². The molecule has 0 radical (unpaired) electrons. The number of nitrogens with zero attached hydrogens (tertiary/aromatic N) is 1. The van der Waals surface area contributed by atoms with Crippen LogP contribution in [0.4, 0.5) is 5.69 Å². The Morgan fingerprint density at radius 3 is 1.41 bits per heavy atom. The second-order valence-electron chi connectivity index (χ2n) is 7.29. The highest BCUT2D eigenvalue weighted by atomic mass is 16.6. The van der Waals surface area contributed by atoms with E-state index in [1.54, 1.807) is 0 Å². The van der Waals surface area contributed by atoms with Crippen LogP contribution in [0.2, 0.25) is 0 Å². The molecule has 0 aromatic heterocycles. The molecule has 0 N–H and O–H groups in total. The molecule has 3 rings (SSSR count). The first-order valence-electron chi connectivity index (χ1n) is 11.2. The van der Waals surface area contributed by atoms with E-state index in [2.05, 4.69) is 4.90 Å². The zero-order valence-electron chi connectivity index (χ0n) is 18.6. The molecule has 1 fully saturated rings. The number of rotatable bonds is 3. The number of benzene rings is 2. The van der Waals surface area contributed by atoms with Gasteiger partial charge in [-0.05, 0) is 24.3 Å². The second-order valence-corrected chi connectivity index (χ2v) is 7.29. The van der Waals surface area contributed by atoms with Crippen LogP contribution in [-0.2, 0) is 23.7 Å². The van der Waals surface area contributed by atoms with Gasteiger partial charge in [-0.15, -0.1) is 0 Å². The minimum atomic E-state index is 0.0222. The number of anilines is 1. The lowest BCUT2D eigenvalue weighted by Crippen LogP contribution is -2.31. The van der Waals surface area contributed by atoms with Gasteiger partial charge in [0.25, 0.3) is 0 Å². The van der Waals surface area contributed by atoms with Crippen LogP contribution in [0.25, 0.3) is 0 Å². The van der Waals surface area contributed by atoms with E-state index in [9.17, 15) is 4.79 Å². The normalized spacial score (nSPS) is 18.4. The maximum Gasteiger partial charge on any atom is 0.193 e. The minimum Gasteiger partial charge on any atom is -0.377 e. The Morgan fingerprint density at radius 2 is 0.938 bits per heavy atom. The SMILES string of the molecule is O=C(c1ccccc1)c1ccc(N2CCOCCOCCOCCOCCOCC2)cc1. The summed E-state index contributed by atoms with van der Waals surface area (Å²) in [5, 5.41) is 0. The van der Waals surface area contributed by atoms with Gasteiger partial charge in [0.15, 0.2) is 5.78 Å². The van der Waals surface area contributed by atoms with Gasteiger partial charge in [-0.2, -0.15) is 0 Å². The van der Waals surface area contributed by atoms with Gasteiger partial charge in [-0.25, -0.2) is 0 Å². The minimum absolute atomic E-state index is 0.0222. The standard InChI is InChI=1S/C25H33NO6/c27-25(22-4-2-1-3-5-22)23-6-8-24(9-7-23)26-10-12-28-14-16-30-18-20-32-21-19-31-17-15-29-13-11-26/h1-9H,10-21H2. The summed E-state index contributed by atoms with van der Waals surface area (Å²) in [5.74, 6) is 0.0222. The fraction of sp³-hybridized carbons (Fsp3) is 0.480. The summed E-state index contributed by atoms with van der Waals surface area (Å²) >= 11 is 0. The lowest BCUT2D eigenvalue weighted by atomic mass is 10.0. The third-order valence-electron chi connectivity index (χ3n) is 5.03. The molecular formula is C25H33NO6. The van der Waals surface area contributed by atoms with Gasteiger partial charge in [0.2, 0.25) is 0 Å². The first-order chi connectivity index (χ1) is 15.8. The van der Waals surface area contributed by atoms with E-state index >= 15 is 0 Å². The number of ether oxygens (including phenoxy) is 5. The zero-order valence-corrected chi connectivity index (χ0v) is 18.6. The predicted molar refractivity (Wildman–Crippen MR) is 123 cm³/mol. The maximum absolute atomic E-state index is 12.7. The maximum atomic E-state index is 12.7.